The van der Waals surface area contributed by atoms with E-state index in [0.29, 0.717) is 18.4 Å². The molecule has 0 saturated heterocycles. The van der Waals surface area contributed by atoms with Gasteiger partial charge in [-0.3, -0.25) is 4.18 Å². The first kappa shape index (κ1) is 18.0. The summed E-state index contributed by atoms with van der Waals surface area (Å²) in [5.41, 5.74) is 0. The number of rotatable bonds is 5. The zero-order chi connectivity index (χ0) is 13.0. The predicted octanol–water partition coefficient (Wildman–Crippen LogP) is 0.608. The molecule has 0 aromatic heterocycles. The zero-order valence-corrected chi connectivity index (χ0v) is 15.3. The molecule has 0 heterocycles. The molecule has 0 radical (unpaired) electrons. The first-order valence-corrected chi connectivity index (χ1v) is 9.00. The van der Waals surface area contributed by atoms with Crippen molar-refractivity contribution in [1.29, 1.82) is 0 Å². The van der Waals surface area contributed by atoms with Crippen LogP contribution < -0.4 is 29.6 Å². The summed E-state index contributed by atoms with van der Waals surface area (Å²) in [5, 5.41) is -0.214. The topological polar surface area (TPSA) is 43.4 Å². The largest absolute Gasteiger partial charge is 1.00 e. The van der Waals surface area contributed by atoms with Crippen LogP contribution in [0.1, 0.15) is 66.1 Å². The van der Waals surface area contributed by atoms with E-state index in [1.165, 1.54) is 25.7 Å². The SMILES string of the molecule is CCCCOS(=O)(=O)C1CCCC2CCCCC21.[H-].[Na+]. The fourth-order valence-corrected chi connectivity index (χ4v) is 5.41. The fraction of sp³-hybridized carbons (Fsp3) is 1.00. The molecule has 3 atom stereocenters. The maximum absolute atomic E-state index is 12.3. The van der Waals surface area contributed by atoms with Crippen LogP contribution in [-0.2, 0) is 14.3 Å². The van der Waals surface area contributed by atoms with Gasteiger partial charge >= 0.3 is 29.6 Å². The van der Waals surface area contributed by atoms with Gasteiger partial charge in [0.15, 0.2) is 0 Å². The average Bonchev–Trinajstić information content (AvgIpc) is 2.38. The van der Waals surface area contributed by atoms with E-state index in [0.717, 1.165) is 32.1 Å². The Morgan fingerprint density at radius 2 is 1.79 bits per heavy atom. The van der Waals surface area contributed by atoms with Gasteiger partial charge in [-0.05, 0) is 31.1 Å². The quantitative estimate of drug-likeness (QED) is 0.424. The van der Waals surface area contributed by atoms with Crippen LogP contribution in [0.4, 0.5) is 0 Å². The molecule has 3 unspecified atom stereocenters. The Balaban J connectivity index is 0.00000180. The van der Waals surface area contributed by atoms with Crippen molar-refractivity contribution in [2.75, 3.05) is 6.61 Å². The van der Waals surface area contributed by atoms with Crippen molar-refractivity contribution in [2.24, 2.45) is 11.8 Å². The summed E-state index contributed by atoms with van der Waals surface area (Å²) >= 11 is 0. The van der Waals surface area contributed by atoms with Gasteiger partial charge in [-0.25, -0.2) is 0 Å². The van der Waals surface area contributed by atoms with Crippen molar-refractivity contribution in [3.05, 3.63) is 0 Å². The first-order valence-electron chi connectivity index (χ1n) is 7.53. The summed E-state index contributed by atoms with van der Waals surface area (Å²) in [5.74, 6) is 1.01. The normalized spacial score (nSPS) is 31.3. The minimum Gasteiger partial charge on any atom is -1.00 e. The summed E-state index contributed by atoms with van der Waals surface area (Å²) in [4.78, 5) is 0. The summed E-state index contributed by atoms with van der Waals surface area (Å²) in [6, 6.07) is 0. The van der Waals surface area contributed by atoms with Crippen LogP contribution in [0.25, 0.3) is 0 Å². The van der Waals surface area contributed by atoms with Crippen LogP contribution in [0, 0.1) is 11.8 Å². The molecule has 0 N–H and O–H groups in total. The van der Waals surface area contributed by atoms with Gasteiger partial charge in [0.2, 0.25) is 0 Å². The molecule has 2 fully saturated rings. The smallest absolute Gasteiger partial charge is 1.00 e. The molecule has 0 bridgehead atoms. The van der Waals surface area contributed by atoms with Crippen molar-refractivity contribution in [1.82, 2.24) is 0 Å². The van der Waals surface area contributed by atoms with Gasteiger partial charge in [-0.2, -0.15) is 8.42 Å². The summed E-state index contributed by atoms with van der Waals surface area (Å²) in [6.07, 6.45) is 9.71. The average molecular weight is 298 g/mol. The van der Waals surface area contributed by atoms with Gasteiger partial charge in [0, 0.05) is 0 Å². The van der Waals surface area contributed by atoms with Crippen LogP contribution in [0.5, 0.6) is 0 Å². The molecule has 0 spiro atoms. The van der Waals surface area contributed by atoms with Crippen LogP contribution in [0.15, 0.2) is 0 Å². The van der Waals surface area contributed by atoms with Crippen LogP contribution in [0.3, 0.4) is 0 Å². The van der Waals surface area contributed by atoms with Gasteiger partial charge in [-0.15, -0.1) is 0 Å². The van der Waals surface area contributed by atoms with Crippen molar-refractivity contribution >= 4 is 10.1 Å². The maximum Gasteiger partial charge on any atom is 1.00 e. The van der Waals surface area contributed by atoms with E-state index in [-0.39, 0.29) is 36.2 Å². The second-order valence-corrected chi connectivity index (χ2v) is 7.67. The minimum absolute atomic E-state index is 0. The number of hydrogen-bond acceptors (Lipinski definition) is 3. The van der Waals surface area contributed by atoms with E-state index in [4.69, 9.17) is 4.18 Å². The van der Waals surface area contributed by atoms with Crippen LogP contribution in [-0.4, -0.2) is 20.3 Å². The molecule has 3 nitrogen and oxygen atoms in total. The van der Waals surface area contributed by atoms with Crippen molar-refractivity contribution in [3.8, 4) is 0 Å². The maximum atomic E-state index is 12.3. The third-order valence-electron chi connectivity index (χ3n) is 4.63. The van der Waals surface area contributed by atoms with Crippen LogP contribution >= 0.6 is 0 Å². The Morgan fingerprint density at radius 3 is 2.53 bits per heavy atom. The summed E-state index contributed by atoms with van der Waals surface area (Å²) in [7, 11) is -3.33. The number of hydrogen-bond donors (Lipinski definition) is 0. The molecular formula is C14H27NaO3S. The van der Waals surface area contributed by atoms with E-state index >= 15 is 0 Å². The first-order chi connectivity index (χ1) is 8.65. The molecular weight excluding hydrogens is 271 g/mol. The predicted molar refractivity (Wildman–Crippen MR) is 74.0 cm³/mol. The van der Waals surface area contributed by atoms with Gasteiger partial charge in [0.25, 0.3) is 10.1 Å². The Bertz CT molecular complexity index is 359. The zero-order valence-electron chi connectivity index (χ0n) is 13.4. The second-order valence-electron chi connectivity index (χ2n) is 5.85. The minimum atomic E-state index is -3.33. The van der Waals surface area contributed by atoms with Gasteiger partial charge in [0.1, 0.15) is 0 Å². The van der Waals surface area contributed by atoms with Crippen molar-refractivity contribution in [3.63, 3.8) is 0 Å². The van der Waals surface area contributed by atoms with Crippen molar-refractivity contribution in [2.45, 2.75) is 70.0 Å². The number of unbranched alkanes of at least 4 members (excludes halogenated alkanes) is 1. The molecule has 2 rings (SSSR count). The van der Waals surface area contributed by atoms with E-state index in [9.17, 15) is 8.42 Å². The van der Waals surface area contributed by atoms with Gasteiger partial charge in [-0.1, -0.05) is 45.4 Å². The van der Waals surface area contributed by atoms with E-state index in [1.807, 2.05) is 6.92 Å². The Hall–Kier alpha value is 0.910. The van der Waals surface area contributed by atoms with E-state index in [2.05, 4.69) is 0 Å². The molecule has 0 aromatic rings. The molecule has 2 saturated carbocycles. The Morgan fingerprint density at radius 1 is 1.11 bits per heavy atom. The van der Waals surface area contributed by atoms with E-state index in [1.54, 1.807) is 0 Å². The molecule has 2 aliphatic carbocycles. The third-order valence-corrected chi connectivity index (χ3v) is 6.45. The molecule has 2 aliphatic rings. The van der Waals surface area contributed by atoms with Crippen LogP contribution in [0.2, 0.25) is 0 Å². The molecule has 19 heavy (non-hydrogen) atoms. The number of fused-ring (bicyclic) bond motifs is 1. The standard InChI is InChI=1S/C14H26O3S.Na.H/c1-2-3-11-17-18(15,16)14-10-6-8-12-7-4-5-9-13(12)14;;/h12-14H,2-11H2,1H3;;/q;+1;-1. The Labute approximate surface area is 141 Å². The molecule has 5 heteroatoms. The van der Waals surface area contributed by atoms with Gasteiger partial charge in [0.05, 0.1) is 11.9 Å². The third kappa shape index (κ3) is 4.70. The fourth-order valence-electron chi connectivity index (χ4n) is 3.64. The monoisotopic (exact) mass is 298 g/mol. The Kier molecular flexibility index (Phi) is 7.92. The molecule has 0 aromatic carbocycles. The summed E-state index contributed by atoms with van der Waals surface area (Å²) in [6.45, 7) is 2.42. The molecule has 0 amide bonds. The summed E-state index contributed by atoms with van der Waals surface area (Å²) < 4.78 is 29.8. The van der Waals surface area contributed by atoms with E-state index < -0.39 is 10.1 Å². The molecule has 0 aliphatic heterocycles. The van der Waals surface area contributed by atoms with Crippen molar-refractivity contribution < 1.29 is 43.6 Å². The van der Waals surface area contributed by atoms with Gasteiger partial charge < -0.3 is 1.43 Å². The second kappa shape index (κ2) is 8.38. The molecule has 108 valence electrons.